The van der Waals surface area contributed by atoms with Crippen LogP contribution in [0.15, 0.2) is 46.6 Å². The van der Waals surface area contributed by atoms with Gasteiger partial charge in [0.25, 0.3) is 0 Å². The third-order valence-corrected chi connectivity index (χ3v) is 3.66. The standard InChI is InChI=1S/C20H34O2/c1-17(2)8-5-12-20(16-22)13-7-11-18(3)9-6-10-19(4)14-15-21/h8-9,13-14,21-22H,5-7,10-12,15-16H2,1-4H3. The van der Waals surface area contributed by atoms with Crippen molar-refractivity contribution in [2.75, 3.05) is 13.2 Å². The van der Waals surface area contributed by atoms with Crippen molar-refractivity contribution in [3.05, 3.63) is 46.6 Å². The van der Waals surface area contributed by atoms with Crippen molar-refractivity contribution in [2.24, 2.45) is 0 Å². The van der Waals surface area contributed by atoms with Gasteiger partial charge in [-0.1, -0.05) is 41.0 Å². The van der Waals surface area contributed by atoms with Gasteiger partial charge in [-0.25, -0.2) is 0 Å². The fourth-order valence-electron chi connectivity index (χ4n) is 2.20. The Hall–Kier alpha value is -1.12. The highest BCUT2D eigenvalue weighted by Gasteiger charge is 1.96. The van der Waals surface area contributed by atoms with Crippen LogP contribution in [-0.2, 0) is 0 Å². The lowest BCUT2D eigenvalue weighted by Crippen LogP contribution is -1.91. The van der Waals surface area contributed by atoms with Crippen LogP contribution in [0.25, 0.3) is 0 Å². The minimum Gasteiger partial charge on any atom is -0.392 e. The van der Waals surface area contributed by atoms with Crippen LogP contribution in [0.1, 0.15) is 66.2 Å². The summed E-state index contributed by atoms with van der Waals surface area (Å²) in [5.41, 5.74) is 5.12. The fraction of sp³-hybridized carbons (Fsp3) is 0.600. The van der Waals surface area contributed by atoms with Crippen LogP contribution in [0.2, 0.25) is 0 Å². The van der Waals surface area contributed by atoms with Gasteiger partial charge in [0, 0.05) is 0 Å². The highest BCUT2D eigenvalue weighted by Crippen LogP contribution is 2.13. The molecule has 0 aliphatic heterocycles. The van der Waals surface area contributed by atoms with Crippen LogP contribution in [-0.4, -0.2) is 23.4 Å². The molecule has 0 aliphatic carbocycles. The molecule has 0 aromatic heterocycles. The quantitative estimate of drug-likeness (QED) is 0.522. The second kappa shape index (κ2) is 13.5. The number of hydrogen-bond donors (Lipinski definition) is 2. The van der Waals surface area contributed by atoms with E-state index < -0.39 is 0 Å². The zero-order chi connectivity index (χ0) is 16.8. The molecule has 0 spiro atoms. The van der Waals surface area contributed by atoms with Gasteiger partial charge in [0.05, 0.1) is 13.2 Å². The summed E-state index contributed by atoms with van der Waals surface area (Å²) in [7, 11) is 0. The second-order valence-corrected chi connectivity index (χ2v) is 6.20. The Kier molecular flexibility index (Phi) is 12.8. The molecule has 0 saturated carbocycles. The summed E-state index contributed by atoms with van der Waals surface area (Å²) in [5.74, 6) is 0. The van der Waals surface area contributed by atoms with Crippen LogP contribution in [0.3, 0.4) is 0 Å². The van der Waals surface area contributed by atoms with E-state index in [1.807, 2.05) is 6.08 Å². The zero-order valence-electron chi connectivity index (χ0n) is 14.9. The molecule has 126 valence electrons. The first-order valence-electron chi connectivity index (χ1n) is 8.33. The summed E-state index contributed by atoms with van der Waals surface area (Å²) in [5, 5.41) is 18.2. The third-order valence-electron chi connectivity index (χ3n) is 3.66. The highest BCUT2D eigenvalue weighted by atomic mass is 16.3. The van der Waals surface area contributed by atoms with Crippen molar-refractivity contribution in [2.45, 2.75) is 66.2 Å². The van der Waals surface area contributed by atoms with E-state index in [1.165, 1.54) is 16.7 Å². The Morgan fingerprint density at radius 3 is 1.77 bits per heavy atom. The Morgan fingerprint density at radius 1 is 0.682 bits per heavy atom. The maximum Gasteiger partial charge on any atom is 0.0641 e. The number of rotatable bonds is 11. The molecule has 0 aliphatic rings. The summed E-state index contributed by atoms with van der Waals surface area (Å²) in [6, 6.07) is 0. The normalized spacial score (nSPS) is 13.5. The molecule has 0 amide bonds. The van der Waals surface area contributed by atoms with E-state index in [2.05, 4.69) is 45.9 Å². The summed E-state index contributed by atoms with van der Waals surface area (Å²) >= 11 is 0. The van der Waals surface area contributed by atoms with E-state index >= 15 is 0 Å². The Labute approximate surface area is 137 Å². The van der Waals surface area contributed by atoms with Gasteiger partial charge in [-0.05, 0) is 71.8 Å². The van der Waals surface area contributed by atoms with E-state index in [1.54, 1.807) is 0 Å². The lowest BCUT2D eigenvalue weighted by molar-refractivity contribution is 0.326. The van der Waals surface area contributed by atoms with Crippen LogP contribution < -0.4 is 0 Å². The van der Waals surface area contributed by atoms with E-state index in [4.69, 9.17) is 5.11 Å². The lowest BCUT2D eigenvalue weighted by Gasteiger charge is -2.04. The summed E-state index contributed by atoms with van der Waals surface area (Å²) in [6.45, 7) is 8.74. The van der Waals surface area contributed by atoms with Gasteiger partial charge in [0.2, 0.25) is 0 Å². The smallest absolute Gasteiger partial charge is 0.0641 e. The number of hydrogen-bond acceptors (Lipinski definition) is 2. The molecule has 2 heteroatoms. The average molecular weight is 306 g/mol. The van der Waals surface area contributed by atoms with Crippen molar-refractivity contribution < 1.29 is 10.2 Å². The molecule has 2 N–H and O–H groups in total. The second-order valence-electron chi connectivity index (χ2n) is 6.20. The van der Waals surface area contributed by atoms with E-state index in [9.17, 15) is 5.11 Å². The highest BCUT2D eigenvalue weighted by molar-refractivity contribution is 5.08. The Balaban J connectivity index is 4.10. The van der Waals surface area contributed by atoms with Crippen LogP contribution in [0.5, 0.6) is 0 Å². The lowest BCUT2D eigenvalue weighted by atomic mass is 10.0. The van der Waals surface area contributed by atoms with E-state index in [0.29, 0.717) is 0 Å². The molecule has 0 radical (unpaired) electrons. The van der Waals surface area contributed by atoms with Crippen LogP contribution in [0.4, 0.5) is 0 Å². The van der Waals surface area contributed by atoms with Crippen molar-refractivity contribution in [3.63, 3.8) is 0 Å². The van der Waals surface area contributed by atoms with Crippen LogP contribution >= 0.6 is 0 Å². The molecule has 0 heterocycles. The molecule has 2 nitrogen and oxygen atoms in total. The molecule has 0 saturated heterocycles. The molecular formula is C20H34O2. The predicted octanol–water partition coefficient (Wildman–Crippen LogP) is 5.10. The molecule has 0 rings (SSSR count). The summed E-state index contributed by atoms with van der Waals surface area (Å²) in [6.07, 6.45) is 14.6. The predicted molar refractivity (Wildman–Crippen MR) is 96.9 cm³/mol. The molecule has 0 aromatic carbocycles. The first-order chi connectivity index (χ1) is 10.5. The molecule has 0 unspecified atom stereocenters. The van der Waals surface area contributed by atoms with Crippen molar-refractivity contribution >= 4 is 0 Å². The Bertz CT molecular complexity index is 407. The van der Waals surface area contributed by atoms with Gasteiger partial charge in [0.15, 0.2) is 0 Å². The minimum atomic E-state index is 0.135. The topological polar surface area (TPSA) is 40.5 Å². The number of allylic oxidation sites excluding steroid dienone is 6. The van der Waals surface area contributed by atoms with Gasteiger partial charge < -0.3 is 10.2 Å². The Morgan fingerprint density at radius 2 is 1.23 bits per heavy atom. The molecule has 0 aromatic rings. The fourth-order valence-corrected chi connectivity index (χ4v) is 2.20. The number of aliphatic hydroxyl groups excluding tert-OH is 2. The third kappa shape index (κ3) is 12.6. The first-order valence-corrected chi connectivity index (χ1v) is 8.33. The monoisotopic (exact) mass is 306 g/mol. The molecule has 0 atom stereocenters. The molecule has 0 bridgehead atoms. The van der Waals surface area contributed by atoms with Crippen molar-refractivity contribution in [1.29, 1.82) is 0 Å². The van der Waals surface area contributed by atoms with E-state index in [0.717, 1.165) is 44.1 Å². The van der Waals surface area contributed by atoms with Gasteiger partial charge in [-0.3, -0.25) is 0 Å². The van der Waals surface area contributed by atoms with Crippen molar-refractivity contribution in [3.8, 4) is 0 Å². The van der Waals surface area contributed by atoms with E-state index in [-0.39, 0.29) is 13.2 Å². The summed E-state index contributed by atoms with van der Waals surface area (Å²) in [4.78, 5) is 0. The largest absolute Gasteiger partial charge is 0.392 e. The zero-order valence-corrected chi connectivity index (χ0v) is 14.9. The molecular weight excluding hydrogens is 272 g/mol. The van der Waals surface area contributed by atoms with Gasteiger partial charge in [-0.15, -0.1) is 0 Å². The maximum absolute atomic E-state index is 9.38. The molecule has 0 fully saturated rings. The van der Waals surface area contributed by atoms with Gasteiger partial charge in [0.1, 0.15) is 0 Å². The first kappa shape index (κ1) is 20.9. The average Bonchev–Trinajstić information content (AvgIpc) is 2.45. The van der Waals surface area contributed by atoms with Crippen LogP contribution in [0, 0.1) is 0 Å². The SMILES string of the molecule is CC(C)=CCCC(=CCCC(C)=CCCC(C)=CCO)CO. The molecule has 22 heavy (non-hydrogen) atoms. The number of aliphatic hydroxyl groups is 2. The van der Waals surface area contributed by atoms with Gasteiger partial charge in [-0.2, -0.15) is 0 Å². The minimum absolute atomic E-state index is 0.135. The van der Waals surface area contributed by atoms with Crippen molar-refractivity contribution in [1.82, 2.24) is 0 Å². The summed E-state index contributed by atoms with van der Waals surface area (Å²) < 4.78 is 0. The van der Waals surface area contributed by atoms with Gasteiger partial charge >= 0.3 is 0 Å². The maximum atomic E-state index is 9.38.